The molecular formula is C38H61N9O6. The number of nitrogens with zero attached hydrogens (tertiary/aromatic N) is 5. The Hall–Kier alpha value is -4.56. The number of hydrogen-bond acceptors (Lipinski definition) is 9. The zero-order valence-electron chi connectivity index (χ0n) is 32.8. The molecule has 2 aliphatic heterocycles. The summed E-state index contributed by atoms with van der Waals surface area (Å²) in [6.45, 7) is 21.0. The summed E-state index contributed by atoms with van der Waals surface area (Å²) in [5.41, 5.74) is -0.776. The fourth-order valence-corrected chi connectivity index (χ4v) is 6.86. The fraction of sp³-hybridized carbons (Fsp3) is 0.684. The normalized spacial score (nSPS) is 19.3. The lowest BCUT2D eigenvalue weighted by Crippen LogP contribution is -2.63. The van der Waals surface area contributed by atoms with Crippen LogP contribution in [0.15, 0.2) is 31.1 Å². The molecule has 3 heterocycles. The van der Waals surface area contributed by atoms with Crippen molar-refractivity contribution in [2.45, 2.75) is 105 Å². The van der Waals surface area contributed by atoms with Crippen molar-refractivity contribution in [2.75, 3.05) is 44.2 Å². The molecule has 1 aromatic heterocycles. The van der Waals surface area contributed by atoms with Gasteiger partial charge in [0, 0.05) is 51.7 Å². The largest absolute Gasteiger partial charge is 0.346 e. The van der Waals surface area contributed by atoms with Gasteiger partial charge < -0.3 is 36.0 Å². The fourth-order valence-electron chi connectivity index (χ4n) is 6.86. The number of rotatable bonds is 16. The van der Waals surface area contributed by atoms with Crippen molar-refractivity contribution >= 4 is 41.4 Å². The van der Waals surface area contributed by atoms with Gasteiger partial charge in [0.25, 0.3) is 5.91 Å². The molecule has 2 fully saturated rings. The van der Waals surface area contributed by atoms with Crippen LogP contribution in [0.4, 0.5) is 10.7 Å². The van der Waals surface area contributed by atoms with Gasteiger partial charge in [-0.3, -0.25) is 24.0 Å². The molecule has 294 valence electrons. The summed E-state index contributed by atoms with van der Waals surface area (Å²) >= 11 is 0. The first-order chi connectivity index (χ1) is 25.0. The topological polar surface area (TPSA) is 186 Å². The minimum Gasteiger partial charge on any atom is -0.346 e. The average Bonchev–Trinajstić information content (AvgIpc) is 3.58. The predicted molar refractivity (Wildman–Crippen MR) is 202 cm³/mol. The minimum atomic E-state index is -1.06. The van der Waals surface area contributed by atoms with Crippen LogP contribution in [0, 0.1) is 23.2 Å². The maximum absolute atomic E-state index is 14.5. The first kappa shape index (κ1) is 42.8. The lowest BCUT2D eigenvalue weighted by Gasteiger charge is -2.38. The van der Waals surface area contributed by atoms with E-state index in [2.05, 4.69) is 37.8 Å². The molecule has 0 aliphatic carbocycles. The van der Waals surface area contributed by atoms with Crippen LogP contribution in [-0.2, 0) is 24.0 Å². The molecule has 2 saturated heterocycles. The smallest absolute Gasteiger partial charge is 0.316 e. The quantitative estimate of drug-likeness (QED) is 0.146. The zero-order valence-corrected chi connectivity index (χ0v) is 32.8. The standard InChI is InChI=1S/C38H61N9O6/c1-10-12-14-27(30(48)33(50)39-16-11-2)42-32(49)29-26(24(3)4)15-19-47(29)35(52)31(38(7,8)9)44-37(53)43-28(25(5)6)34(51)45-20-22-46(23-21-45)36-40-17-13-18-41-36/h11,13,17-18,24-29,31H,2,10,12,14-16,19-23H2,1,3-9H3,(H,39,50)(H,42,49)(H2,43,44,53)/t26?,27?,28-,29-,31+/m0/s1. The highest BCUT2D eigenvalue weighted by molar-refractivity contribution is 6.38. The second-order valence-electron chi connectivity index (χ2n) is 15.7. The third-order valence-corrected chi connectivity index (χ3v) is 10.00. The Balaban J connectivity index is 1.77. The van der Waals surface area contributed by atoms with Crippen molar-refractivity contribution in [3.05, 3.63) is 31.1 Å². The molecule has 0 bridgehead atoms. The number of unbranched alkanes of at least 4 members (excludes halogenated alkanes) is 1. The number of ketones is 1. The summed E-state index contributed by atoms with van der Waals surface area (Å²) in [4.78, 5) is 95.4. The van der Waals surface area contributed by atoms with Gasteiger partial charge in [-0.25, -0.2) is 14.8 Å². The van der Waals surface area contributed by atoms with Crippen molar-refractivity contribution in [1.82, 2.24) is 41.0 Å². The van der Waals surface area contributed by atoms with Crippen molar-refractivity contribution in [2.24, 2.45) is 23.2 Å². The Morgan fingerprint density at radius 3 is 2.11 bits per heavy atom. The van der Waals surface area contributed by atoms with Crippen LogP contribution in [0.2, 0.25) is 0 Å². The molecule has 5 atom stereocenters. The number of anilines is 1. The number of hydrogen-bond donors (Lipinski definition) is 4. The summed E-state index contributed by atoms with van der Waals surface area (Å²) < 4.78 is 0. The summed E-state index contributed by atoms with van der Waals surface area (Å²) in [6, 6.07) is -2.80. The molecule has 0 spiro atoms. The molecule has 0 saturated carbocycles. The summed E-state index contributed by atoms with van der Waals surface area (Å²) in [5.74, 6) is -2.57. The van der Waals surface area contributed by atoms with E-state index < -0.39 is 59.1 Å². The van der Waals surface area contributed by atoms with E-state index in [0.29, 0.717) is 45.0 Å². The molecule has 1 aromatic rings. The maximum Gasteiger partial charge on any atom is 0.316 e. The molecule has 0 radical (unpaired) electrons. The van der Waals surface area contributed by atoms with Crippen molar-refractivity contribution in [3.8, 4) is 0 Å². The van der Waals surface area contributed by atoms with Crippen LogP contribution in [-0.4, -0.2) is 119 Å². The van der Waals surface area contributed by atoms with E-state index in [1.54, 1.807) is 23.4 Å². The second kappa shape index (κ2) is 19.5. The number of nitrogens with one attached hydrogen (secondary N) is 4. The highest BCUT2D eigenvalue weighted by Gasteiger charge is 2.48. The Bertz CT molecular complexity index is 1440. The Morgan fingerprint density at radius 1 is 0.925 bits per heavy atom. The summed E-state index contributed by atoms with van der Waals surface area (Å²) in [5, 5.41) is 11.0. The van der Waals surface area contributed by atoms with Gasteiger partial charge in [0.05, 0.1) is 6.04 Å². The van der Waals surface area contributed by atoms with E-state index in [1.807, 2.05) is 60.3 Å². The summed E-state index contributed by atoms with van der Waals surface area (Å²) in [7, 11) is 0. The first-order valence-corrected chi connectivity index (χ1v) is 18.9. The van der Waals surface area contributed by atoms with Crippen LogP contribution in [0.1, 0.15) is 81.1 Å². The number of carbonyl (C=O) groups is 6. The molecule has 15 nitrogen and oxygen atoms in total. The number of carbonyl (C=O) groups excluding carboxylic acids is 6. The number of likely N-dealkylation sites (tertiary alicyclic amines) is 1. The zero-order chi connectivity index (χ0) is 39.5. The van der Waals surface area contributed by atoms with Crippen LogP contribution in [0.25, 0.3) is 0 Å². The number of piperazine rings is 1. The third-order valence-electron chi connectivity index (χ3n) is 10.00. The van der Waals surface area contributed by atoms with Crippen molar-refractivity contribution < 1.29 is 28.8 Å². The highest BCUT2D eigenvalue weighted by atomic mass is 16.2. The van der Waals surface area contributed by atoms with Gasteiger partial charge in [0.1, 0.15) is 18.1 Å². The van der Waals surface area contributed by atoms with Gasteiger partial charge >= 0.3 is 6.03 Å². The van der Waals surface area contributed by atoms with E-state index in [9.17, 15) is 28.8 Å². The molecule has 6 amide bonds. The molecule has 4 N–H and O–H groups in total. The SMILES string of the molecule is C=CCNC(=O)C(=O)C(CCCC)NC(=O)[C@@H]1C(C(C)C)CCN1C(=O)[C@@H](NC(=O)N[C@H](C(=O)N1CCN(c2ncccn2)CC1)C(C)C)C(C)(C)C. The maximum atomic E-state index is 14.5. The lowest BCUT2D eigenvalue weighted by atomic mass is 9.84. The first-order valence-electron chi connectivity index (χ1n) is 18.9. The number of amides is 6. The van der Waals surface area contributed by atoms with Crippen LogP contribution in [0.5, 0.6) is 0 Å². The van der Waals surface area contributed by atoms with Gasteiger partial charge in [-0.15, -0.1) is 6.58 Å². The molecular weight excluding hydrogens is 678 g/mol. The highest BCUT2D eigenvalue weighted by Crippen LogP contribution is 2.33. The Labute approximate surface area is 314 Å². The van der Waals surface area contributed by atoms with Crippen LogP contribution in [0.3, 0.4) is 0 Å². The minimum absolute atomic E-state index is 0.0217. The number of urea groups is 1. The Kier molecular flexibility index (Phi) is 15.8. The second-order valence-corrected chi connectivity index (χ2v) is 15.7. The molecule has 53 heavy (non-hydrogen) atoms. The van der Waals surface area contributed by atoms with Gasteiger partial charge in [-0.1, -0.05) is 74.3 Å². The van der Waals surface area contributed by atoms with Gasteiger partial charge in [0.2, 0.25) is 29.5 Å². The third kappa shape index (κ3) is 11.5. The van der Waals surface area contributed by atoms with E-state index in [4.69, 9.17) is 0 Å². The van der Waals surface area contributed by atoms with Gasteiger partial charge in [0.15, 0.2) is 0 Å². The molecule has 3 rings (SSSR count). The van der Waals surface area contributed by atoms with Crippen LogP contribution < -0.4 is 26.2 Å². The monoisotopic (exact) mass is 739 g/mol. The number of Topliss-reactive ketones (excluding diaryl/α,β-unsaturated/α-hetero) is 1. The Morgan fingerprint density at radius 2 is 1.57 bits per heavy atom. The van der Waals surface area contributed by atoms with E-state index in [1.165, 1.54) is 11.0 Å². The average molecular weight is 740 g/mol. The van der Waals surface area contributed by atoms with E-state index >= 15 is 0 Å². The summed E-state index contributed by atoms with van der Waals surface area (Å²) in [6.07, 6.45) is 6.99. The van der Waals surface area contributed by atoms with E-state index in [0.717, 1.165) is 6.42 Å². The van der Waals surface area contributed by atoms with Gasteiger partial charge in [-0.05, 0) is 42.1 Å². The molecule has 0 aromatic carbocycles. The van der Waals surface area contributed by atoms with Gasteiger partial charge in [-0.2, -0.15) is 0 Å². The predicted octanol–water partition coefficient (Wildman–Crippen LogP) is 2.28. The molecule has 2 unspecified atom stereocenters. The molecule has 15 heteroatoms. The van der Waals surface area contributed by atoms with Crippen LogP contribution >= 0.6 is 0 Å². The number of aromatic nitrogens is 2. The molecule has 2 aliphatic rings. The van der Waals surface area contributed by atoms with Crippen molar-refractivity contribution in [1.29, 1.82) is 0 Å². The van der Waals surface area contributed by atoms with Crippen molar-refractivity contribution in [3.63, 3.8) is 0 Å². The lowest BCUT2D eigenvalue weighted by molar-refractivity contribution is -0.144. The van der Waals surface area contributed by atoms with E-state index in [-0.39, 0.29) is 43.2 Å².